The Morgan fingerprint density at radius 2 is 2.05 bits per heavy atom. The van der Waals surface area contributed by atoms with Crippen LogP contribution in [0.5, 0.6) is 11.5 Å². The molecule has 1 fully saturated rings. The average molecular weight is 342 g/mol. The van der Waals surface area contributed by atoms with Gasteiger partial charge in [-0.3, -0.25) is 0 Å². The van der Waals surface area contributed by atoms with Gasteiger partial charge in [-0.15, -0.1) is 0 Å². The second kappa shape index (κ2) is 7.32. The summed E-state index contributed by atoms with van der Waals surface area (Å²) in [6.45, 7) is 3.24. The lowest BCUT2D eigenvalue weighted by Gasteiger charge is -2.35. The summed E-state index contributed by atoms with van der Waals surface area (Å²) >= 11 is 3.60. The van der Waals surface area contributed by atoms with Crippen molar-refractivity contribution in [2.24, 2.45) is 5.92 Å². The van der Waals surface area contributed by atoms with Crippen molar-refractivity contribution in [2.75, 3.05) is 20.8 Å². The summed E-state index contributed by atoms with van der Waals surface area (Å²) in [6, 6.07) is 4.52. The van der Waals surface area contributed by atoms with E-state index in [1.165, 1.54) is 24.8 Å². The minimum absolute atomic E-state index is 0.376. The number of hydrogen-bond donors (Lipinski definition) is 1. The Morgan fingerprint density at radius 1 is 1.30 bits per heavy atom. The molecule has 4 heteroatoms. The van der Waals surface area contributed by atoms with E-state index in [0.29, 0.717) is 6.04 Å². The Hall–Kier alpha value is -0.740. The molecule has 1 aliphatic rings. The first-order chi connectivity index (χ1) is 9.72. The fourth-order valence-electron chi connectivity index (χ4n) is 2.77. The van der Waals surface area contributed by atoms with Crippen molar-refractivity contribution in [3.63, 3.8) is 0 Å². The first-order valence-corrected chi connectivity index (χ1v) is 8.16. The number of ether oxygens (including phenoxy) is 2. The molecule has 0 radical (unpaired) electrons. The molecular formula is C16H24BrNO2. The lowest BCUT2D eigenvalue weighted by Crippen LogP contribution is -2.33. The van der Waals surface area contributed by atoms with Gasteiger partial charge in [0.1, 0.15) is 16.0 Å². The zero-order chi connectivity index (χ0) is 14.5. The maximum atomic E-state index is 5.63. The van der Waals surface area contributed by atoms with Crippen LogP contribution in [0, 0.1) is 5.92 Å². The van der Waals surface area contributed by atoms with Crippen molar-refractivity contribution >= 4 is 15.9 Å². The SMILES string of the molecule is CCCNC(c1ccc(OC)c(Br)c1OC)C1CCC1. The van der Waals surface area contributed by atoms with Gasteiger partial charge in [-0.1, -0.05) is 13.3 Å². The Kier molecular flexibility index (Phi) is 5.73. The summed E-state index contributed by atoms with van der Waals surface area (Å²) in [5.41, 5.74) is 1.23. The molecule has 112 valence electrons. The molecule has 1 aromatic carbocycles. The number of halogens is 1. The van der Waals surface area contributed by atoms with Crippen molar-refractivity contribution in [2.45, 2.75) is 38.6 Å². The van der Waals surface area contributed by atoms with E-state index in [1.54, 1.807) is 14.2 Å². The standard InChI is InChI=1S/C16H24BrNO2/c1-4-10-18-15(11-6-5-7-11)12-8-9-13(19-2)14(17)16(12)20-3/h8-9,11,15,18H,4-7,10H2,1-3H3. The minimum atomic E-state index is 0.376. The highest BCUT2D eigenvalue weighted by atomic mass is 79.9. The van der Waals surface area contributed by atoms with E-state index in [4.69, 9.17) is 9.47 Å². The predicted molar refractivity (Wildman–Crippen MR) is 85.6 cm³/mol. The molecule has 1 saturated carbocycles. The second-order valence-electron chi connectivity index (χ2n) is 5.33. The highest BCUT2D eigenvalue weighted by Crippen LogP contribution is 2.45. The summed E-state index contributed by atoms with van der Waals surface area (Å²) in [4.78, 5) is 0. The molecule has 0 saturated heterocycles. The van der Waals surface area contributed by atoms with E-state index in [2.05, 4.69) is 34.2 Å². The highest BCUT2D eigenvalue weighted by molar-refractivity contribution is 9.10. The van der Waals surface area contributed by atoms with Crippen LogP contribution in [-0.2, 0) is 0 Å². The molecule has 0 spiro atoms. The van der Waals surface area contributed by atoms with Crippen LogP contribution in [0.3, 0.4) is 0 Å². The van der Waals surface area contributed by atoms with E-state index >= 15 is 0 Å². The zero-order valence-electron chi connectivity index (χ0n) is 12.5. The number of hydrogen-bond acceptors (Lipinski definition) is 3. The van der Waals surface area contributed by atoms with E-state index in [9.17, 15) is 0 Å². The number of benzene rings is 1. The molecule has 1 N–H and O–H groups in total. The summed E-state index contributed by atoms with van der Waals surface area (Å²) in [6.07, 6.45) is 5.08. The quantitative estimate of drug-likeness (QED) is 0.801. The molecule has 0 heterocycles. The lowest BCUT2D eigenvalue weighted by molar-refractivity contribution is 0.226. The van der Waals surface area contributed by atoms with Crippen LogP contribution in [0.2, 0.25) is 0 Å². The van der Waals surface area contributed by atoms with Crippen molar-refractivity contribution in [3.05, 3.63) is 22.2 Å². The molecule has 3 nitrogen and oxygen atoms in total. The number of rotatable bonds is 7. The first-order valence-electron chi connectivity index (χ1n) is 7.36. The van der Waals surface area contributed by atoms with Crippen LogP contribution >= 0.6 is 15.9 Å². The summed E-state index contributed by atoms with van der Waals surface area (Å²) in [5.74, 6) is 2.43. The van der Waals surface area contributed by atoms with Gasteiger partial charge in [-0.05, 0) is 59.8 Å². The van der Waals surface area contributed by atoms with Crippen LogP contribution in [0.25, 0.3) is 0 Å². The summed E-state index contributed by atoms with van der Waals surface area (Å²) in [7, 11) is 3.40. The van der Waals surface area contributed by atoms with E-state index < -0.39 is 0 Å². The maximum Gasteiger partial charge on any atom is 0.141 e. The topological polar surface area (TPSA) is 30.5 Å². The third-order valence-electron chi connectivity index (χ3n) is 4.09. The lowest BCUT2D eigenvalue weighted by atomic mass is 9.77. The zero-order valence-corrected chi connectivity index (χ0v) is 14.1. The number of nitrogens with one attached hydrogen (secondary N) is 1. The smallest absolute Gasteiger partial charge is 0.141 e. The minimum Gasteiger partial charge on any atom is -0.495 e. The molecule has 1 aromatic rings. The number of methoxy groups -OCH3 is 2. The fourth-order valence-corrected chi connectivity index (χ4v) is 3.45. The van der Waals surface area contributed by atoms with Crippen molar-refractivity contribution in [1.29, 1.82) is 0 Å². The summed E-state index contributed by atoms with van der Waals surface area (Å²) in [5, 5.41) is 3.69. The van der Waals surface area contributed by atoms with Gasteiger partial charge in [0.25, 0.3) is 0 Å². The third kappa shape index (κ3) is 3.12. The van der Waals surface area contributed by atoms with E-state index in [1.807, 2.05) is 6.07 Å². The predicted octanol–water partition coefficient (Wildman–Crippen LogP) is 4.31. The second-order valence-corrected chi connectivity index (χ2v) is 6.12. The van der Waals surface area contributed by atoms with Gasteiger partial charge in [0.15, 0.2) is 0 Å². The van der Waals surface area contributed by atoms with Gasteiger partial charge in [0, 0.05) is 11.6 Å². The van der Waals surface area contributed by atoms with Crippen LogP contribution in [0.15, 0.2) is 16.6 Å². The van der Waals surface area contributed by atoms with Gasteiger partial charge >= 0.3 is 0 Å². The fraction of sp³-hybridized carbons (Fsp3) is 0.625. The average Bonchev–Trinajstić information content (AvgIpc) is 2.41. The van der Waals surface area contributed by atoms with Gasteiger partial charge in [-0.25, -0.2) is 0 Å². The van der Waals surface area contributed by atoms with Gasteiger partial charge in [-0.2, -0.15) is 0 Å². The summed E-state index contributed by atoms with van der Waals surface area (Å²) < 4.78 is 11.9. The molecular weight excluding hydrogens is 318 g/mol. The molecule has 20 heavy (non-hydrogen) atoms. The third-order valence-corrected chi connectivity index (χ3v) is 4.84. The highest BCUT2D eigenvalue weighted by Gasteiger charge is 2.31. The van der Waals surface area contributed by atoms with Gasteiger partial charge in [0.2, 0.25) is 0 Å². The van der Waals surface area contributed by atoms with Crippen molar-refractivity contribution < 1.29 is 9.47 Å². The van der Waals surface area contributed by atoms with Crippen LogP contribution in [0.1, 0.15) is 44.2 Å². The largest absolute Gasteiger partial charge is 0.495 e. The molecule has 1 unspecified atom stereocenters. The Labute approximate surface area is 130 Å². The van der Waals surface area contributed by atoms with Gasteiger partial charge < -0.3 is 14.8 Å². The Bertz CT molecular complexity index is 446. The molecule has 0 amide bonds. The monoisotopic (exact) mass is 341 g/mol. The van der Waals surface area contributed by atoms with Gasteiger partial charge in [0.05, 0.1) is 14.2 Å². The molecule has 0 aliphatic heterocycles. The van der Waals surface area contributed by atoms with E-state index in [0.717, 1.165) is 34.9 Å². The van der Waals surface area contributed by atoms with Crippen molar-refractivity contribution in [1.82, 2.24) is 5.32 Å². The maximum absolute atomic E-state index is 5.63. The first kappa shape index (κ1) is 15.6. The normalized spacial score (nSPS) is 16.6. The molecule has 0 aromatic heterocycles. The molecule has 2 rings (SSSR count). The Balaban J connectivity index is 2.33. The van der Waals surface area contributed by atoms with Crippen LogP contribution in [0.4, 0.5) is 0 Å². The van der Waals surface area contributed by atoms with Crippen molar-refractivity contribution in [3.8, 4) is 11.5 Å². The Morgan fingerprint density at radius 3 is 2.55 bits per heavy atom. The molecule has 0 bridgehead atoms. The van der Waals surface area contributed by atoms with Crippen LogP contribution < -0.4 is 14.8 Å². The molecule has 1 aliphatic carbocycles. The molecule has 1 atom stereocenters. The van der Waals surface area contributed by atoms with Crippen LogP contribution in [-0.4, -0.2) is 20.8 Å². The van der Waals surface area contributed by atoms with E-state index in [-0.39, 0.29) is 0 Å².